The number of hydrogen-bond acceptors (Lipinski definition) is 4. The zero-order valence-corrected chi connectivity index (χ0v) is 12.0. The van der Waals surface area contributed by atoms with Crippen molar-refractivity contribution in [2.45, 2.75) is 6.42 Å². The summed E-state index contributed by atoms with van der Waals surface area (Å²) in [5.41, 5.74) is 1.27. The zero-order valence-electron chi connectivity index (χ0n) is 12.0. The van der Waals surface area contributed by atoms with E-state index in [-0.39, 0.29) is 12.0 Å². The normalized spacial score (nSPS) is 10.8. The summed E-state index contributed by atoms with van der Waals surface area (Å²) in [5.74, 6) is 1.15. The summed E-state index contributed by atoms with van der Waals surface area (Å²) in [6, 6.07) is 16.1. The van der Waals surface area contributed by atoms with Crippen molar-refractivity contribution in [1.82, 2.24) is 0 Å². The van der Waals surface area contributed by atoms with Crippen LogP contribution in [0.1, 0.15) is 6.42 Å². The molecule has 22 heavy (non-hydrogen) atoms. The summed E-state index contributed by atoms with van der Waals surface area (Å²) < 4.78 is 11.4. The van der Waals surface area contributed by atoms with Crippen LogP contribution in [0.15, 0.2) is 63.8 Å². The minimum atomic E-state index is -0.0815. The maximum atomic E-state index is 12.2. The summed E-state index contributed by atoms with van der Waals surface area (Å²) in [6.07, 6.45) is 0.562. The van der Waals surface area contributed by atoms with E-state index in [9.17, 15) is 4.79 Å². The predicted molar refractivity (Wildman–Crippen MR) is 85.1 cm³/mol. The highest BCUT2D eigenvalue weighted by Crippen LogP contribution is 2.24. The minimum absolute atomic E-state index is 0.0815. The molecule has 3 aromatic rings. The third kappa shape index (κ3) is 3.02. The molecule has 0 saturated heterocycles. The van der Waals surface area contributed by atoms with Gasteiger partial charge in [0.15, 0.2) is 5.43 Å². The van der Waals surface area contributed by atoms with E-state index in [1.54, 1.807) is 18.2 Å². The van der Waals surface area contributed by atoms with Crippen molar-refractivity contribution in [2.24, 2.45) is 0 Å². The lowest BCUT2D eigenvalue weighted by molar-refractivity contribution is 0.233. The summed E-state index contributed by atoms with van der Waals surface area (Å²) in [7, 11) is 0. The van der Waals surface area contributed by atoms with E-state index in [1.165, 1.54) is 6.07 Å². The molecule has 0 atom stereocenters. The Hall–Kier alpha value is -2.59. The molecule has 1 aromatic heterocycles. The second-order valence-corrected chi connectivity index (χ2v) is 4.92. The van der Waals surface area contributed by atoms with E-state index >= 15 is 0 Å². The molecule has 112 valence electrons. The van der Waals surface area contributed by atoms with E-state index in [4.69, 9.17) is 14.3 Å². The number of benzene rings is 2. The van der Waals surface area contributed by atoms with E-state index in [1.807, 2.05) is 30.3 Å². The third-order valence-corrected chi connectivity index (χ3v) is 3.33. The number of hydrogen-bond donors (Lipinski definition) is 1. The monoisotopic (exact) mass is 296 g/mol. The molecule has 1 N–H and O–H groups in total. The molecule has 0 aliphatic carbocycles. The van der Waals surface area contributed by atoms with Crippen LogP contribution in [0.2, 0.25) is 0 Å². The van der Waals surface area contributed by atoms with Crippen molar-refractivity contribution in [3.63, 3.8) is 0 Å². The molecular formula is C18H16O4. The van der Waals surface area contributed by atoms with Crippen LogP contribution in [0.3, 0.4) is 0 Å². The van der Waals surface area contributed by atoms with Crippen LogP contribution >= 0.6 is 0 Å². The first kappa shape index (κ1) is 14.4. The first-order valence-electron chi connectivity index (χ1n) is 7.15. The molecule has 0 fully saturated rings. The smallest absolute Gasteiger partial charge is 0.193 e. The van der Waals surface area contributed by atoms with E-state index < -0.39 is 0 Å². The number of rotatable bonds is 5. The molecule has 4 heteroatoms. The van der Waals surface area contributed by atoms with Crippen molar-refractivity contribution >= 4 is 11.0 Å². The van der Waals surface area contributed by atoms with Crippen molar-refractivity contribution < 1.29 is 14.3 Å². The SMILES string of the molecule is O=c1cc(-c2ccccc2)oc2cc(OCCCO)ccc12. The number of aliphatic hydroxyl groups excluding tert-OH is 1. The molecule has 0 radical (unpaired) electrons. The zero-order chi connectivity index (χ0) is 15.4. The number of ether oxygens (including phenoxy) is 1. The fourth-order valence-electron chi connectivity index (χ4n) is 2.22. The summed E-state index contributed by atoms with van der Waals surface area (Å²) in [5, 5.41) is 9.30. The Morgan fingerprint density at radius 2 is 1.86 bits per heavy atom. The lowest BCUT2D eigenvalue weighted by Gasteiger charge is -2.07. The Balaban J connectivity index is 2.01. The highest BCUT2D eigenvalue weighted by molar-refractivity contribution is 5.80. The Morgan fingerprint density at radius 3 is 2.64 bits per heavy atom. The first-order chi connectivity index (χ1) is 10.8. The van der Waals surface area contributed by atoms with Crippen molar-refractivity contribution in [3.05, 3.63) is 64.8 Å². The fourth-order valence-corrected chi connectivity index (χ4v) is 2.22. The molecule has 3 rings (SSSR count). The van der Waals surface area contributed by atoms with Crippen LogP contribution < -0.4 is 10.2 Å². The Kier molecular flexibility index (Phi) is 4.21. The minimum Gasteiger partial charge on any atom is -0.493 e. The van der Waals surface area contributed by atoms with Gasteiger partial charge >= 0.3 is 0 Å². The number of aliphatic hydroxyl groups is 1. The van der Waals surface area contributed by atoms with Gasteiger partial charge in [-0.25, -0.2) is 0 Å². The van der Waals surface area contributed by atoms with Gasteiger partial charge in [-0.05, 0) is 12.1 Å². The highest BCUT2D eigenvalue weighted by atomic mass is 16.5. The van der Waals surface area contributed by atoms with Crippen LogP contribution in [0.5, 0.6) is 5.75 Å². The van der Waals surface area contributed by atoms with Gasteiger partial charge in [0.2, 0.25) is 0 Å². The Labute approximate surface area is 127 Å². The molecule has 0 aliphatic heterocycles. The van der Waals surface area contributed by atoms with Gasteiger partial charge in [-0.2, -0.15) is 0 Å². The molecule has 0 amide bonds. The molecule has 1 heterocycles. The van der Waals surface area contributed by atoms with Crippen LogP contribution in [-0.4, -0.2) is 18.3 Å². The molecule has 0 bridgehead atoms. The molecular weight excluding hydrogens is 280 g/mol. The molecule has 0 unspecified atom stereocenters. The molecule has 0 aliphatic rings. The van der Waals surface area contributed by atoms with Gasteiger partial charge < -0.3 is 14.3 Å². The topological polar surface area (TPSA) is 59.7 Å². The fraction of sp³-hybridized carbons (Fsp3) is 0.167. The lowest BCUT2D eigenvalue weighted by atomic mass is 10.1. The largest absolute Gasteiger partial charge is 0.493 e. The van der Waals surface area contributed by atoms with Crippen LogP contribution in [0, 0.1) is 0 Å². The molecule has 2 aromatic carbocycles. The average molecular weight is 296 g/mol. The van der Waals surface area contributed by atoms with Gasteiger partial charge in [-0.15, -0.1) is 0 Å². The second kappa shape index (κ2) is 6.45. The number of fused-ring (bicyclic) bond motifs is 1. The third-order valence-electron chi connectivity index (χ3n) is 3.33. The predicted octanol–water partition coefficient (Wildman–Crippen LogP) is 3.22. The quantitative estimate of drug-likeness (QED) is 0.734. The summed E-state index contributed by atoms with van der Waals surface area (Å²) in [6.45, 7) is 0.505. The van der Waals surface area contributed by atoms with Gasteiger partial charge in [-0.1, -0.05) is 30.3 Å². The average Bonchev–Trinajstić information content (AvgIpc) is 2.55. The second-order valence-electron chi connectivity index (χ2n) is 4.92. The van der Waals surface area contributed by atoms with E-state index in [0.29, 0.717) is 35.5 Å². The highest BCUT2D eigenvalue weighted by Gasteiger charge is 2.08. The van der Waals surface area contributed by atoms with Crippen LogP contribution in [0.25, 0.3) is 22.3 Å². The van der Waals surface area contributed by atoms with E-state index in [2.05, 4.69) is 0 Å². The standard InChI is InChI=1S/C18H16O4/c19-9-4-10-21-14-7-8-15-16(20)12-17(22-18(15)11-14)13-5-2-1-3-6-13/h1-3,5-8,11-12,19H,4,9-10H2. The lowest BCUT2D eigenvalue weighted by Crippen LogP contribution is -2.02. The molecule has 0 saturated carbocycles. The van der Waals surface area contributed by atoms with Crippen LogP contribution in [-0.2, 0) is 0 Å². The maximum Gasteiger partial charge on any atom is 0.193 e. The Morgan fingerprint density at radius 1 is 1.05 bits per heavy atom. The van der Waals surface area contributed by atoms with Gasteiger partial charge in [0.05, 0.1) is 12.0 Å². The summed E-state index contributed by atoms with van der Waals surface area (Å²) in [4.78, 5) is 12.2. The van der Waals surface area contributed by atoms with E-state index in [0.717, 1.165) is 5.56 Å². The van der Waals surface area contributed by atoms with Crippen molar-refractivity contribution in [1.29, 1.82) is 0 Å². The maximum absolute atomic E-state index is 12.2. The molecule has 4 nitrogen and oxygen atoms in total. The first-order valence-corrected chi connectivity index (χ1v) is 7.15. The van der Waals surface area contributed by atoms with Crippen LogP contribution in [0.4, 0.5) is 0 Å². The van der Waals surface area contributed by atoms with Gasteiger partial charge in [-0.3, -0.25) is 4.79 Å². The van der Waals surface area contributed by atoms with Gasteiger partial charge in [0.25, 0.3) is 0 Å². The van der Waals surface area contributed by atoms with Crippen molar-refractivity contribution in [3.8, 4) is 17.1 Å². The Bertz CT molecular complexity index is 821. The van der Waals surface area contributed by atoms with Gasteiger partial charge in [0.1, 0.15) is 17.1 Å². The molecule has 0 spiro atoms. The van der Waals surface area contributed by atoms with Crippen molar-refractivity contribution in [2.75, 3.05) is 13.2 Å². The summed E-state index contributed by atoms with van der Waals surface area (Å²) >= 11 is 0. The van der Waals surface area contributed by atoms with Gasteiger partial charge in [0, 0.05) is 30.7 Å².